The Kier molecular flexibility index (Phi) is 4.15. The molecule has 1 aromatic carbocycles. The number of carbonyl (C=O) groups excluding carboxylic acids is 1. The number of esters is 1. The van der Waals surface area contributed by atoms with Crippen molar-refractivity contribution in [2.24, 2.45) is 0 Å². The van der Waals surface area contributed by atoms with Crippen LogP contribution in [0, 0.1) is 3.57 Å². The Labute approximate surface area is 94.7 Å². The summed E-state index contributed by atoms with van der Waals surface area (Å²) in [6.07, 6.45) is 0. The molecule has 0 unspecified atom stereocenters. The molecule has 0 aliphatic heterocycles. The summed E-state index contributed by atoms with van der Waals surface area (Å²) in [5, 5.41) is 17.6. The van der Waals surface area contributed by atoms with E-state index in [2.05, 4.69) is 0 Å². The maximum absolute atomic E-state index is 11.2. The highest BCUT2D eigenvalue weighted by Gasteiger charge is 2.08. The van der Waals surface area contributed by atoms with Crippen LogP contribution >= 0.6 is 22.6 Å². The Hall–Kier alpha value is -0.820. The van der Waals surface area contributed by atoms with Gasteiger partial charge in [-0.1, -0.05) is 0 Å². The molecular weight excluding hydrogens is 299 g/mol. The van der Waals surface area contributed by atoms with Gasteiger partial charge in [0.25, 0.3) is 0 Å². The lowest BCUT2D eigenvalue weighted by atomic mass is 10.2. The number of phenols is 1. The van der Waals surface area contributed by atoms with E-state index in [0.29, 0.717) is 9.13 Å². The Morgan fingerprint density at radius 1 is 1.50 bits per heavy atom. The zero-order chi connectivity index (χ0) is 10.6. The molecule has 4 nitrogen and oxygen atoms in total. The molecule has 0 aromatic heterocycles. The maximum atomic E-state index is 11.2. The van der Waals surface area contributed by atoms with Gasteiger partial charge in [0, 0.05) is 0 Å². The maximum Gasteiger partial charge on any atom is 0.338 e. The number of benzene rings is 1. The molecule has 0 spiro atoms. The van der Waals surface area contributed by atoms with E-state index in [4.69, 9.17) is 9.84 Å². The van der Waals surface area contributed by atoms with Gasteiger partial charge in [-0.2, -0.15) is 0 Å². The summed E-state index contributed by atoms with van der Waals surface area (Å²) in [7, 11) is 0. The summed E-state index contributed by atoms with van der Waals surface area (Å²) in [5.41, 5.74) is 0.362. The summed E-state index contributed by atoms with van der Waals surface area (Å²) >= 11 is 1.91. The first-order chi connectivity index (χ1) is 6.65. The molecule has 0 aliphatic carbocycles. The van der Waals surface area contributed by atoms with Gasteiger partial charge >= 0.3 is 5.97 Å². The first kappa shape index (κ1) is 11.3. The van der Waals surface area contributed by atoms with Crippen molar-refractivity contribution in [3.63, 3.8) is 0 Å². The van der Waals surface area contributed by atoms with E-state index in [1.807, 2.05) is 22.6 Å². The van der Waals surface area contributed by atoms with Crippen LogP contribution in [0.2, 0.25) is 0 Å². The van der Waals surface area contributed by atoms with E-state index < -0.39 is 5.97 Å². The predicted molar refractivity (Wildman–Crippen MR) is 58.2 cm³/mol. The second kappa shape index (κ2) is 5.16. The number of hydrogen-bond acceptors (Lipinski definition) is 4. The minimum atomic E-state index is -0.503. The van der Waals surface area contributed by atoms with Crippen LogP contribution in [0.25, 0.3) is 0 Å². The van der Waals surface area contributed by atoms with Crippen molar-refractivity contribution in [3.05, 3.63) is 27.3 Å². The van der Waals surface area contributed by atoms with Crippen molar-refractivity contribution < 1.29 is 19.7 Å². The number of halogens is 1. The Morgan fingerprint density at radius 3 is 2.79 bits per heavy atom. The number of aliphatic hydroxyl groups is 1. The average molecular weight is 308 g/mol. The van der Waals surface area contributed by atoms with E-state index in [-0.39, 0.29) is 19.0 Å². The zero-order valence-electron chi connectivity index (χ0n) is 7.24. The molecule has 0 radical (unpaired) electrons. The van der Waals surface area contributed by atoms with Crippen molar-refractivity contribution in [3.8, 4) is 5.75 Å². The standard InChI is InChI=1S/C9H9IO4/c10-7-5-6(1-2-8(7)12)9(13)14-4-3-11/h1-2,5,11-12H,3-4H2. The molecule has 0 atom stereocenters. The number of aromatic hydroxyl groups is 1. The van der Waals surface area contributed by atoms with E-state index in [1.165, 1.54) is 18.2 Å². The molecule has 0 bridgehead atoms. The Morgan fingerprint density at radius 2 is 2.21 bits per heavy atom. The monoisotopic (exact) mass is 308 g/mol. The highest BCUT2D eigenvalue weighted by Crippen LogP contribution is 2.20. The van der Waals surface area contributed by atoms with E-state index in [0.717, 1.165) is 0 Å². The fraction of sp³-hybridized carbons (Fsp3) is 0.222. The summed E-state index contributed by atoms with van der Waals surface area (Å²) in [6.45, 7) is -0.211. The molecule has 0 fully saturated rings. The quantitative estimate of drug-likeness (QED) is 0.649. The number of phenolic OH excluding ortho intramolecular Hbond substituents is 1. The normalized spacial score (nSPS) is 9.86. The third-order valence-electron chi connectivity index (χ3n) is 1.51. The molecule has 1 rings (SSSR count). The molecular formula is C9H9IO4. The van der Waals surface area contributed by atoms with Gasteiger partial charge in [0.05, 0.1) is 15.7 Å². The van der Waals surface area contributed by atoms with E-state index in [9.17, 15) is 9.90 Å². The van der Waals surface area contributed by atoms with Crippen molar-refractivity contribution in [1.29, 1.82) is 0 Å². The molecule has 2 N–H and O–H groups in total. The zero-order valence-corrected chi connectivity index (χ0v) is 9.39. The first-order valence-electron chi connectivity index (χ1n) is 3.91. The molecule has 5 heteroatoms. The second-order valence-corrected chi connectivity index (χ2v) is 3.69. The second-order valence-electron chi connectivity index (χ2n) is 2.53. The van der Waals surface area contributed by atoms with Gasteiger partial charge in [0.15, 0.2) is 0 Å². The number of ether oxygens (including phenoxy) is 1. The molecule has 0 heterocycles. The van der Waals surface area contributed by atoms with Gasteiger partial charge < -0.3 is 14.9 Å². The summed E-state index contributed by atoms with van der Waals surface area (Å²) in [4.78, 5) is 11.2. The lowest BCUT2D eigenvalue weighted by molar-refractivity contribution is 0.0433. The number of aliphatic hydroxyl groups excluding tert-OH is 1. The summed E-state index contributed by atoms with van der Waals surface area (Å²) < 4.78 is 5.28. The largest absolute Gasteiger partial charge is 0.507 e. The smallest absolute Gasteiger partial charge is 0.338 e. The molecule has 0 saturated carbocycles. The Balaban J connectivity index is 2.76. The van der Waals surface area contributed by atoms with Crippen molar-refractivity contribution in [1.82, 2.24) is 0 Å². The third kappa shape index (κ3) is 2.85. The van der Waals surface area contributed by atoms with Crippen LogP contribution in [0.1, 0.15) is 10.4 Å². The lowest BCUT2D eigenvalue weighted by Gasteiger charge is -2.03. The number of carbonyl (C=O) groups is 1. The summed E-state index contributed by atoms with van der Waals surface area (Å²) in [5.74, 6) is -0.374. The minimum Gasteiger partial charge on any atom is -0.507 e. The van der Waals surface area contributed by atoms with E-state index in [1.54, 1.807) is 0 Å². The van der Waals surface area contributed by atoms with Crippen LogP contribution in [-0.4, -0.2) is 29.4 Å². The van der Waals surface area contributed by atoms with Gasteiger partial charge in [-0.05, 0) is 40.8 Å². The van der Waals surface area contributed by atoms with E-state index >= 15 is 0 Å². The fourth-order valence-corrected chi connectivity index (χ4v) is 1.37. The summed E-state index contributed by atoms with van der Waals surface area (Å²) in [6, 6.07) is 4.42. The molecule has 14 heavy (non-hydrogen) atoms. The van der Waals surface area contributed by atoms with Crippen LogP contribution in [0.4, 0.5) is 0 Å². The SMILES string of the molecule is O=C(OCCO)c1ccc(O)c(I)c1. The van der Waals surface area contributed by atoms with Crippen molar-refractivity contribution in [2.75, 3.05) is 13.2 Å². The fourth-order valence-electron chi connectivity index (χ4n) is 0.856. The van der Waals surface area contributed by atoms with Gasteiger partial charge in [0.2, 0.25) is 0 Å². The predicted octanol–water partition coefficient (Wildman–Crippen LogP) is 1.15. The number of hydrogen-bond donors (Lipinski definition) is 2. The first-order valence-corrected chi connectivity index (χ1v) is 4.99. The molecule has 1 aromatic rings. The average Bonchev–Trinajstić information content (AvgIpc) is 2.18. The van der Waals surface area contributed by atoms with Crippen molar-refractivity contribution >= 4 is 28.6 Å². The minimum absolute atomic E-state index is 0.0176. The van der Waals surface area contributed by atoms with Gasteiger partial charge in [0.1, 0.15) is 12.4 Å². The van der Waals surface area contributed by atoms with Gasteiger partial charge in [-0.3, -0.25) is 0 Å². The van der Waals surface area contributed by atoms with Crippen LogP contribution in [0.15, 0.2) is 18.2 Å². The van der Waals surface area contributed by atoms with Crippen molar-refractivity contribution in [2.45, 2.75) is 0 Å². The highest BCUT2D eigenvalue weighted by molar-refractivity contribution is 14.1. The van der Waals surface area contributed by atoms with Crippen LogP contribution in [-0.2, 0) is 4.74 Å². The topological polar surface area (TPSA) is 66.8 Å². The third-order valence-corrected chi connectivity index (χ3v) is 2.37. The van der Waals surface area contributed by atoms with Gasteiger partial charge in [-0.15, -0.1) is 0 Å². The van der Waals surface area contributed by atoms with Crippen LogP contribution < -0.4 is 0 Å². The molecule has 0 amide bonds. The number of rotatable bonds is 3. The van der Waals surface area contributed by atoms with Crippen LogP contribution in [0.3, 0.4) is 0 Å². The molecule has 76 valence electrons. The highest BCUT2D eigenvalue weighted by atomic mass is 127. The molecule has 0 saturated heterocycles. The van der Waals surface area contributed by atoms with Gasteiger partial charge in [-0.25, -0.2) is 4.79 Å². The Bertz CT molecular complexity index is 338. The lowest BCUT2D eigenvalue weighted by Crippen LogP contribution is -2.08. The molecule has 0 aliphatic rings. The van der Waals surface area contributed by atoms with Crippen LogP contribution in [0.5, 0.6) is 5.75 Å².